The summed E-state index contributed by atoms with van der Waals surface area (Å²) in [4.78, 5) is 28.1. The van der Waals surface area contributed by atoms with Crippen molar-refractivity contribution in [3.8, 4) is 11.1 Å². The average molecular weight is 729 g/mol. The van der Waals surface area contributed by atoms with E-state index in [2.05, 4.69) is 50.9 Å². The van der Waals surface area contributed by atoms with Crippen LogP contribution in [-0.4, -0.2) is 60.4 Å². The first-order valence-electron chi connectivity index (χ1n) is 20.0. The number of benzene rings is 2. The van der Waals surface area contributed by atoms with E-state index in [0.717, 1.165) is 47.4 Å². The lowest BCUT2D eigenvalue weighted by molar-refractivity contribution is -0.139. The summed E-state index contributed by atoms with van der Waals surface area (Å²) in [6.07, 6.45) is 17.7. The zero-order valence-electron chi connectivity index (χ0n) is 33.6. The molecule has 7 nitrogen and oxygen atoms in total. The SMILES string of the molecule is CC.CCC.CCCC.CCCC1CCC(CC2CCCCC2)N1Cc1ccc(C(=O)NC(CCS(C)(=O)=O)C(=O)O)c(-c2ccccc2C)c1. The molecular formula is C43H72N2O5S. The summed E-state index contributed by atoms with van der Waals surface area (Å²) < 4.78 is 23.3. The van der Waals surface area contributed by atoms with Crippen molar-refractivity contribution in [1.82, 2.24) is 10.2 Å². The number of carbonyl (C=O) groups is 2. The minimum Gasteiger partial charge on any atom is -0.480 e. The molecule has 0 radical (unpaired) electrons. The number of rotatable bonds is 14. The van der Waals surface area contributed by atoms with Crippen LogP contribution < -0.4 is 5.32 Å². The van der Waals surface area contributed by atoms with Crippen LogP contribution in [0.4, 0.5) is 0 Å². The van der Waals surface area contributed by atoms with Crippen molar-refractivity contribution >= 4 is 21.7 Å². The van der Waals surface area contributed by atoms with Gasteiger partial charge in [0, 0.05) is 30.4 Å². The molecule has 0 bridgehead atoms. The van der Waals surface area contributed by atoms with Crippen molar-refractivity contribution in [2.24, 2.45) is 5.92 Å². The minimum absolute atomic E-state index is 0.187. The van der Waals surface area contributed by atoms with Gasteiger partial charge in [0.2, 0.25) is 0 Å². The predicted molar refractivity (Wildman–Crippen MR) is 216 cm³/mol. The van der Waals surface area contributed by atoms with Gasteiger partial charge in [0.05, 0.1) is 5.75 Å². The molecule has 1 aliphatic carbocycles. The number of amides is 1. The van der Waals surface area contributed by atoms with Gasteiger partial charge in [-0.25, -0.2) is 13.2 Å². The number of carboxylic acids is 1. The first kappa shape index (κ1) is 46.3. The third-order valence-electron chi connectivity index (χ3n) is 9.73. The number of unbranched alkanes of at least 4 members (excludes halogenated alkanes) is 1. The van der Waals surface area contributed by atoms with E-state index in [1.165, 1.54) is 77.0 Å². The molecule has 4 rings (SSSR count). The molecule has 1 amide bonds. The maximum absolute atomic E-state index is 13.5. The second-order valence-corrected chi connectivity index (χ2v) is 16.5. The molecule has 0 aromatic heterocycles. The molecule has 2 fully saturated rings. The molecule has 2 aliphatic rings. The second kappa shape index (κ2) is 25.3. The molecule has 2 aromatic rings. The van der Waals surface area contributed by atoms with Gasteiger partial charge in [-0.3, -0.25) is 9.69 Å². The van der Waals surface area contributed by atoms with Gasteiger partial charge < -0.3 is 10.4 Å². The Bertz CT molecular complexity index is 1380. The number of nitrogens with one attached hydrogen (secondary N) is 1. The van der Waals surface area contributed by atoms with Gasteiger partial charge in [-0.2, -0.15) is 0 Å². The molecular weight excluding hydrogens is 657 g/mol. The van der Waals surface area contributed by atoms with E-state index in [9.17, 15) is 23.1 Å². The van der Waals surface area contributed by atoms with E-state index < -0.39 is 27.8 Å². The van der Waals surface area contributed by atoms with E-state index in [1.807, 2.05) is 57.2 Å². The fraction of sp³-hybridized carbons (Fsp3) is 0.674. The lowest BCUT2D eigenvalue weighted by Gasteiger charge is -2.34. The van der Waals surface area contributed by atoms with Crippen LogP contribution in [0.5, 0.6) is 0 Å². The third kappa shape index (κ3) is 16.7. The zero-order valence-corrected chi connectivity index (χ0v) is 34.4. The van der Waals surface area contributed by atoms with E-state index >= 15 is 0 Å². The summed E-state index contributed by atoms with van der Waals surface area (Å²) in [5, 5.41) is 12.3. The predicted octanol–water partition coefficient (Wildman–Crippen LogP) is 10.6. The van der Waals surface area contributed by atoms with E-state index in [0.29, 0.717) is 17.6 Å². The summed E-state index contributed by atoms with van der Waals surface area (Å²) in [5.74, 6) is -1.25. The van der Waals surface area contributed by atoms with E-state index in [-0.39, 0.29) is 12.2 Å². The number of sulfone groups is 1. The molecule has 8 heteroatoms. The molecule has 290 valence electrons. The first-order valence-corrected chi connectivity index (χ1v) is 22.1. The normalized spacial score (nSPS) is 18.2. The van der Waals surface area contributed by atoms with Crippen LogP contribution in [-0.2, 0) is 21.2 Å². The number of likely N-dealkylation sites (tertiary alicyclic amines) is 1. The molecule has 2 N–H and O–H groups in total. The molecule has 51 heavy (non-hydrogen) atoms. The van der Waals surface area contributed by atoms with E-state index in [1.54, 1.807) is 0 Å². The van der Waals surface area contributed by atoms with Crippen LogP contribution in [0.2, 0.25) is 0 Å². The summed E-state index contributed by atoms with van der Waals surface area (Å²) in [6, 6.07) is 13.7. The van der Waals surface area contributed by atoms with Crippen LogP contribution in [0, 0.1) is 12.8 Å². The molecule has 0 spiro atoms. The zero-order chi connectivity index (χ0) is 38.4. The lowest BCUT2D eigenvalue weighted by atomic mass is 9.84. The van der Waals surface area contributed by atoms with Gasteiger partial charge in [-0.05, 0) is 79.3 Å². The molecule has 3 atom stereocenters. The molecule has 1 aliphatic heterocycles. The summed E-state index contributed by atoms with van der Waals surface area (Å²) in [6.45, 7) is 17.7. The highest BCUT2D eigenvalue weighted by Crippen LogP contribution is 2.37. The molecule has 1 heterocycles. The van der Waals surface area contributed by atoms with Crippen molar-refractivity contribution in [2.45, 2.75) is 170 Å². The topological polar surface area (TPSA) is 104 Å². The van der Waals surface area contributed by atoms with Gasteiger partial charge in [-0.1, -0.05) is 137 Å². The molecule has 3 unspecified atom stereocenters. The Morgan fingerprint density at radius 1 is 0.863 bits per heavy atom. The van der Waals surface area contributed by atoms with Gasteiger partial charge in [0.25, 0.3) is 5.91 Å². The number of aryl methyl sites for hydroxylation is 1. The van der Waals surface area contributed by atoms with Crippen LogP contribution >= 0.6 is 0 Å². The lowest BCUT2D eigenvalue weighted by Crippen LogP contribution is -2.42. The smallest absolute Gasteiger partial charge is 0.326 e. The number of hydrogen-bond donors (Lipinski definition) is 2. The van der Waals surface area contributed by atoms with Gasteiger partial charge in [-0.15, -0.1) is 0 Å². The minimum atomic E-state index is -3.37. The van der Waals surface area contributed by atoms with Crippen molar-refractivity contribution in [1.29, 1.82) is 0 Å². The monoisotopic (exact) mass is 729 g/mol. The highest BCUT2D eigenvalue weighted by molar-refractivity contribution is 7.90. The van der Waals surface area contributed by atoms with Crippen LogP contribution in [0.15, 0.2) is 42.5 Å². The van der Waals surface area contributed by atoms with Crippen LogP contribution in [0.3, 0.4) is 0 Å². The molecule has 2 aromatic carbocycles. The maximum atomic E-state index is 13.5. The number of aliphatic carboxylic acids is 1. The summed E-state index contributed by atoms with van der Waals surface area (Å²) in [7, 11) is -3.37. The second-order valence-electron chi connectivity index (χ2n) is 14.3. The van der Waals surface area contributed by atoms with Crippen molar-refractivity contribution in [2.75, 3.05) is 12.0 Å². The van der Waals surface area contributed by atoms with Crippen molar-refractivity contribution in [3.05, 3.63) is 59.2 Å². The van der Waals surface area contributed by atoms with Gasteiger partial charge in [0.15, 0.2) is 0 Å². The van der Waals surface area contributed by atoms with E-state index in [4.69, 9.17) is 0 Å². The third-order valence-corrected chi connectivity index (χ3v) is 10.7. The van der Waals surface area contributed by atoms with Crippen molar-refractivity contribution < 1.29 is 23.1 Å². The Balaban J connectivity index is 0.00000131. The summed E-state index contributed by atoms with van der Waals surface area (Å²) in [5.41, 5.74) is 4.26. The van der Waals surface area contributed by atoms with Crippen LogP contribution in [0.25, 0.3) is 11.1 Å². The first-order chi connectivity index (χ1) is 24.4. The fourth-order valence-corrected chi connectivity index (χ4v) is 7.66. The Morgan fingerprint density at radius 3 is 2.02 bits per heavy atom. The Labute approximate surface area is 312 Å². The Kier molecular flexibility index (Phi) is 23.0. The largest absolute Gasteiger partial charge is 0.480 e. The maximum Gasteiger partial charge on any atom is 0.326 e. The van der Waals surface area contributed by atoms with Crippen LogP contribution in [0.1, 0.15) is 160 Å². The standard InChI is InChI=1S/C34H48N2O5S.C4H10.C3H8.C2H6/c1-4-10-27-16-17-28(21-25-12-6-5-7-13-25)36(27)23-26-15-18-30(31(22-26)29-14-9-8-11-24(29)2)33(37)35-32(34(38)39)19-20-42(3,40)41;1-3-4-2;1-3-2;1-2/h8-9,11,14-15,18,22,25,27-28,32H,4-7,10,12-13,16-17,19-21,23H2,1-3H3,(H,35,37)(H,38,39);3-4H2,1-2H3;3H2,1-2H3;1-2H3. The number of carbonyl (C=O) groups excluding carboxylic acids is 1. The fourth-order valence-electron chi connectivity index (χ4n) is 7.00. The highest BCUT2D eigenvalue weighted by atomic mass is 32.2. The molecule has 1 saturated carbocycles. The number of nitrogens with zero attached hydrogens (tertiary/aromatic N) is 1. The molecule has 1 saturated heterocycles. The Morgan fingerprint density at radius 2 is 1.47 bits per heavy atom. The quantitative estimate of drug-likeness (QED) is 0.201. The number of hydrogen-bond acceptors (Lipinski definition) is 5. The van der Waals surface area contributed by atoms with Crippen molar-refractivity contribution in [3.63, 3.8) is 0 Å². The number of carboxylic acid groups (broad SMARTS) is 1. The summed E-state index contributed by atoms with van der Waals surface area (Å²) >= 11 is 0. The average Bonchev–Trinajstić information content (AvgIpc) is 3.47. The van der Waals surface area contributed by atoms with Gasteiger partial charge in [0.1, 0.15) is 15.9 Å². The van der Waals surface area contributed by atoms with Gasteiger partial charge >= 0.3 is 5.97 Å². The Hall–Kier alpha value is -2.71. The highest BCUT2D eigenvalue weighted by Gasteiger charge is 2.34.